The average Bonchev–Trinajstić information content (AvgIpc) is 2.97. The van der Waals surface area contributed by atoms with Crippen LogP contribution >= 0.6 is 0 Å². The first-order valence-corrected chi connectivity index (χ1v) is 8.47. The Morgan fingerprint density at radius 1 is 1.24 bits per heavy atom. The van der Waals surface area contributed by atoms with Crippen LogP contribution < -0.4 is 11.1 Å². The molecule has 0 spiro atoms. The predicted molar refractivity (Wildman–Crippen MR) is 92.6 cm³/mol. The molecule has 3 nitrogen and oxygen atoms in total. The first-order valence-electron chi connectivity index (χ1n) is 8.47. The number of benzene rings is 1. The van der Waals surface area contributed by atoms with Crippen LogP contribution in [0.4, 0.5) is 0 Å². The van der Waals surface area contributed by atoms with Crippen LogP contribution in [-0.4, -0.2) is 43.7 Å². The molecule has 1 fully saturated rings. The lowest BCUT2D eigenvalue weighted by Gasteiger charge is -2.28. The summed E-state index contributed by atoms with van der Waals surface area (Å²) in [5.41, 5.74) is 7.49. The van der Waals surface area contributed by atoms with E-state index in [1.807, 2.05) is 20.9 Å². The molecule has 0 saturated carbocycles. The molecule has 0 aromatic heterocycles. The molecule has 1 heterocycles. The molecule has 2 unspecified atom stereocenters. The largest absolute Gasteiger partial charge is 0.326 e. The summed E-state index contributed by atoms with van der Waals surface area (Å²) < 4.78 is 0. The molecule has 1 aromatic carbocycles. The summed E-state index contributed by atoms with van der Waals surface area (Å²) in [5.74, 6) is 0. The molecule has 0 radical (unpaired) electrons. The minimum atomic E-state index is 0.383. The molecule has 21 heavy (non-hydrogen) atoms. The molecule has 1 saturated heterocycles. The SMILES string of the molecule is CC.CNCCC(CCc1ccccc1)N1CCC(N)C1. The van der Waals surface area contributed by atoms with E-state index in [0.717, 1.165) is 19.5 Å². The van der Waals surface area contributed by atoms with Gasteiger partial charge in [0, 0.05) is 25.2 Å². The van der Waals surface area contributed by atoms with Gasteiger partial charge in [0.05, 0.1) is 0 Å². The number of likely N-dealkylation sites (tertiary alicyclic amines) is 1. The summed E-state index contributed by atoms with van der Waals surface area (Å²) in [6, 6.07) is 11.8. The summed E-state index contributed by atoms with van der Waals surface area (Å²) >= 11 is 0. The van der Waals surface area contributed by atoms with Crippen LogP contribution in [-0.2, 0) is 6.42 Å². The second-order valence-electron chi connectivity index (χ2n) is 5.61. The van der Waals surface area contributed by atoms with Gasteiger partial charge in [-0.3, -0.25) is 4.90 Å². The number of aryl methyl sites for hydroxylation is 1. The maximum atomic E-state index is 6.04. The Labute approximate surface area is 130 Å². The minimum Gasteiger partial charge on any atom is -0.326 e. The minimum absolute atomic E-state index is 0.383. The van der Waals surface area contributed by atoms with Gasteiger partial charge < -0.3 is 11.1 Å². The van der Waals surface area contributed by atoms with Crippen molar-refractivity contribution < 1.29 is 0 Å². The third-order valence-corrected chi connectivity index (χ3v) is 4.11. The van der Waals surface area contributed by atoms with Gasteiger partial charge in [-0.15, -0.1) is 0 Å². The molecule has 0 bridgehead atoms. The van der Waals surface area contributed by atoms with E-state index in [0.29, 0.717) is 12.1 Å². The smallest absolute Gasteiger partial charge is 0.0180 e. The fraction of sp³-hybridized carbons (Fsp3) is 0.667. The van der Waals surface area contributed by atoms with E-state index in [4.69, 9.17) is 5.73 Å². The van der Waals surface area contributed by atoms with Crippen LogP contribution in [0.2, 0.25) is 0 Å². The second-order valence-corrected chi connectivity index (χ2v) is 5.61. The highest BCUT2D eigenvalue weighted by Gasteiger charge is 2.25. The quantitative estimate of drug-likeness (QED) is 0.811. The van der Waals surface area contributed by atoms with Crippen LogP contribution in [0.3, 0.4) is 0 Å². The summed E-state index contributed by atoms with van der Waals surface area (Å²) in [5, 5.41) is 3.27. The summed E-state index contributed by atoms with van der Waals surface area (Å²) in [6.45, 7) is 7.33. The van der Waals surface area contributed by atoms with Crippen LogP contribution in [0.15, 0.2) is 30.3 Å². The van der Waals surface area contributed by atoms with Crippen molar-refractivity contribution in [3.8, 4) is 0 Å². The zero-order valence-corrected chi connectivity index (χ0v) is 14.0. The standard InChI is InChI=1S/C16H27N3.C2H6/c1-18-11-9-16(19-12-10-15(17)13-19)8-7-14-5-3-2-4-6-14;1-2/h2-6,15-16,18H,7-13,17H2,1H3;1-2H3. The Bertz CT molecular complexity index is 353. The monoisotopic (exact) mass is 291 g/mol. The zero-order chi connectivity index (χ0) is 15.5. The van der Waals surface area contributed by atoms with Crippen LogP contribution in [0, 0.1) is 0 Å². The summed E-state index contributed by atoms with van der Waals surface area (Å²) in [4.78, 5) is 2.59. The zero-order valence-electron chi connectivity index (χ0n) is 14.0. The number of hydrogen-bond acceptors (Lipinski definition) is 3. The van der Waals surface area contributed by atoms with Gasteiger partial charge in [-0.25, -0.2) is 0 Å². The van der Waals surface area contributed by atoms with E-state index in [2.05, 4.69) is 40.5 Å². The highest BCUT2D eigenvalue weighted by Crippen LogP contribution is 2.18. The van der Waals surface area contributed by atoms with E-state index < -0.39 is 0 Å². The third kappa shape index (κ3) is 6.60. The Hall–Kier alpha value is -0.900. The second kappa shape index (κ2) is 10.8. The Kier molecular flexibility index (Phi) is 9.31. The molecule has 1 aromatic rings. The summed E-state index contributed by atoms with van der Waals surface area (Å²) in [6.07, 6.45) is 4.77. The fourth-order valence-electron chi connectivity index (χ4n) is 2.95. The maximum absolute atomic E-state index is 6.04. The molecule has 2 rings (SSSR count). The van der Waals surface area contributed by atoms with Gasteiger partial charge in [0.15, 0.2) is 0 Å². The maximum Gasteiger partial charge on any atom is 0.0180 e. The van der Waals surface area contributed by atoms with Gasteiger partial charge in [0.2, 0.25) is 0 Å². The van der Waals surface area contributed by atoms with Crippen molar-refractivity contribution in [1.29, 1.82) is 0 Å². The van der Waals surface area contributed by atoms with Crippen molar-refractivity contribution >= 4 is 0 Å². The van der Waals surface area contributed by atoms with E-state index in [1.54, 1.807) is 0 Å². The van der Waals surface area contributed by atoms with E-state index >= 15 is 0 Å². The molecule has 0 amide bonds. The Morgan fingerprint density at radius 2 is 1.95 bits per heavy atom. The van der Waals surface area contributed by atoms with Crippen molar-refractivity contribution in [1.82, 2.24) is 10.2 Å². The molecule has 3 N–H and O–H groups in total. The number of hydrogen-bond donors (Lipinski definition) is 2. The molecule has 1 aliphatic heterocycles. The van der Waals surface area contributed by atoms with Crippen molar-refractivity contribution in [2.45, 2.75) is 51.6 Å². The van der Waals surface area contributed by atoms with Crippen molar-refractivity contribution in [3.63, 3.8) is 0 Å². The van der Waals surface area contributed by atoms with Crippen molar-refractivity contribution in [2.75, 3.05) is 26.7 Å². The molecule has 1 aliphatic rings. The number of nitrogens with zero attached hydrogens (tertiary/aromatic N) is 1. The molecule has 2 atom stereocenters. The Morgan fingerprint density at radius 3 is 2.52 bits per heavy atom. The van der Waals surface area contributed by atoms with Crippen LogP contribution in [0.25, 0.3) is 0 Å². The van der Waals surface area contributed by atoms with Gasteiger partial charge in [-0.05, 0) is 44.8 Å². The van der Waals surface area contributed by atoms with E-state index in [-0.39, 0.29) is 0 Å². The lowest BCUT2D eigenvalue weighted by atomic mass is 10.0. The Balaban J connectivity index is 0.00000106. The topological polar surface area (TPSA) is 41.3 Å². The molecule has 3 heteroatoms. The summed E-state index contributed by atoms with van der Waals surface area (Å²) in [7, 11) is 2.03. The number of nitrogens with one attached hydrogen (secondary N) is 1. The number of rotatable bonds is 7. The van der Waals surface area contributed by atoms with Gasteiger partial charge in [-0.1, -0.05) is 44.2 Å². The third-order valence-electron chi connectivity index (χ3n) is 4.11. The van der Waals surface area contributed by atoms with Crippen LogP contribution in [0.1, 0.15) is 38.7 Å². The highest BCUT2D eigenvalue weighted by molar-refractivity contribution is 5.14. The number of nitrogens with two attached hydrogens (primary N) is 1. The van der Waals surface area contributed by atoms with Gasteiger partial charge in [0.25, 0.3) is 0 Å². The van der Waals surface area contributed by atoms with E-state index in [1.165, 1.54) is 31.4 Å². The van der Waals surface area contributed by atoms with Crippen molar-refractivity contribution in [3.05, 3.63) is 35.9 Å². The molecular weight excluding hydrogens is 258 g/mol. The molecule has 120 valence electrons. The molecular formula is C18H33N3. The lowest BCUT2D eigenvalue weighted by Crippen LogP contribution is -2.37. The van der Waals surface area contributed by atoms with Crippen molar-refractivity contribution in [2.24, 2.45) is 5.73 Å². The lowest BCUT2D eigenvalue weighted by molar-refractivity contribution is 0.216. The van der Waals surface area contributed by atoms with Gasteiger partial charge in [-0.2, -0.15) is 0 Å². The van der Waals surface area contributed by atoms with Gasteiger partial charge >= 0.3 is 0 Å². The first-order chi connectivity index (χ1) is 10.3. The fourth-order valence-corrected chi connectivity index (χ4v) is 2.95. The highest BCUT2D eigenvalue weighted by atomic mass is 15.2. The van der Waals surface area contributed by atoms with E-state index in [9.17, 15) is 0 Å². The average molecular weight is 291 g/mol. The first kappa shape index (κ1) is 18.1. The van der Waals surface area contributed by atoms with Gasteiger partial charge in [0.1, 0.15) is 0 Å². The van der Waals surface area contributed by atoms with Crippen LogP contribution in [0.5, 0.6) is 0 Å². The predicted octanol–water partition coefficient (Wildman–Crippen LogP) is 2.66. The molecule has 0 aliphatic carbocycles. The normalized spacial score (nSPS) is 19.9.